The van der Waals surface area contributed by atoms with Crippen molar-refractivity contribution in [1.29, 1.82) is 0 Å². The molecule has 0 amide bonds. The predicted molar refractivity (Wildman–Crippen MR) is 52.2 cm³/mol. The average Bonchev–Trinajstić information content (AvgIpc) is 2.01. The van der Waals surface area contributed by atoms with Gasteiger partial charge in [0, 0.05) is 6.54 Å². The Morgan fingerprint density at radius 2 is 2.00 bits per heavy atom. The van der Waals surface area contributed by atoms with Crippen LogP contribution in [-0.4, -0.2) is 12.3 Å². The summed E-state index contributed by atoms with van der Waals surface area (Å²) < 4.78 is 0. The minimum absolute atomic E-state index is 0.855. The molecule has 0 aliphatic rings. The molecule has 0 fully saturated rings. The summed E-state index contributed by atoms with van der Waals surface area (Å²) in [4.78, 5) is 4.29. The summed E-state index contributed by atoms with van der Waals surface area (Å²) in [6.45, 7) is 7.03. The normalized spacial score (nSPS) is 13.5. The summed E-state index contributed by atoms with van der Waals surface area (Å²) in [6.07, 6.45) is 9.28. The van der Waals surface area contributed by atoms with E-state index in [-0.39, 0.29) is 0 Å². The van der Waals surface area contributed by atoms with Gasteiger partial charge in [-0.2, -0.15) is 0 Å². The highest BCUT2D eigenvalue weighted by molar-refractivity contribution is 6.03. The molecule has 0 atom stereocenters. The molecule has 0 saturated heterocycles. The van der Waals surface area contributed by atoms with Gasteiger partial charge in [0.25, 0.3) is 0 Å². The van der Waals surface area contributed by atoms with E-state index in [9.17, 15) is 0 Å². The van der Waals surface area contributed by atoms with Crippen molar-refractivity contribution in [3.8, 4) is 0 Å². The molecule has 0 unspecified atom stereocenters. The van der Waals surface area contributed by atoms with Crippen molar-refractivity contribution < 1.29 is 0 Å². The molecule has 0 aromatic heterocycles. The maximum atomic E-state index is 4.29. The molecule has 1 nitrogen and oxygen atoms in total. The highest BCUT2D eigenvalue weighted by Crippen LogP contribution is 1.88. The highest BCUT2D eigenvalue weighted by atomic mass is 14.7. The van der Waals surface area contributed by atoms with Crippen molar-refractivity contribution in [3.05, 3.63) is 24.3 Å². The first-order valence-electron chi connectivity index (χ1n) is 4.18. The van der Waals surface area contributed by atoms with E-state index in [1.807, 2.05) is 26.0 Å². The molecule has 0 aliphatic heterocycles. The highest BCUT2D eigenvalue weighted by Gasteiger charge is 1.82. The molecule has 0 rings (SSSR count). The van der Waals surface area contributed by atoms with Crippen molar-refractivity contribution in [2.45, 2.75) is 27.2 Å². The van der Waals surface area contributed by atoms with Crippen molar-refractivity contribution in [2.24, 2.45) is 4.99 Å². The average molecular weight is 151 g/mol. The fourth-order valence-corrected chi connectivity index (χ4v) is 0.753. The summed E-state index contributed by atoms with van der Waals surface area (Å²) in [7, 11) is 0. The molecule has 0 saturated carbocycles. The van der Waals surface area contributed by atoms with Crippen LogP contribution in [-0.2, 0) is 0 Å². The van der Waals surface area contributed by atoms with Gasteiger partial charge >= 0.3 is 0 Å². The van der Waals surface area contributed by atoms with Crippen LogP contribution in [0.3, 0.4) is 0 Å². The maximum absolute atomic E-state index is 4.29. The first-order valence-corrected chi connectivity index (χ1v) is 4.18. The van der Waals surface area contributed by atoms with Gasteiger partial charge in [-0.1, -0.05) is 19.1 Å². The molecular formula is C10H17N. The smallest absolute Gasteiger partial charge is 0.0567 e. The standard InChI is InChI=1S/C10H17N/c1-4-7-9-10(8-5-2)11-6-3/h5,7-9H,4,6H2,1-3H3/b8-5-,9-7+,11-10?. The van der Waals surface area contributed by atoms with Gasteiger partial charge in [0.05, 0.1) is 5.71 Å². The molecule has 0 N–H and O–H groups in total. The molecule has 0 radical (unpaired) electrons. The lowest BCUT2D eigenvalue weighted by Gasteiger charge is -1.90. The second-order valence-electron chi connectivity index (χ2n) is 2.21. The van der Waals surface area contributed by atoms with E-state index in [2.05, 4.69) is 24.1 Å². The Morgan fingerprint density at radius 1 is 1.27 bits per heavy atom. The largest absolute Gasteiger partial charge is 0.286 e. The van der Waals surface area contributed by atoms with Crippen molar-refractivity contribution in [2.75, 3.05) is 6.54 Å². The zero-order valence-corrected chi connectivity index (χ0v) is 7.67. The zero-order valence-electron chi connectivity index (χ0n) is 7.67. The lowest BCUT2D eigenvalue weighted by molar-refractivity contribution is 1.13. The molecule has 0 spiro atoms. The first kappa shape index (κ1) is 10.2. The van der Waals surface area contributed by atoms with Crippen molar-refractivity contribution in [1.82, 2.24) is 0 Å². The second kappa shape index (κ2) is 7.26. The van der Waals surface area contributed by atoms with Crippen LogP contribution in [0, 0.1) is 0 Å². The van der Waals surface area contributed by atoms with E-state index in [0.29, 0.717) is 0 Å². The maximum Gasteiger partial charge on any atom is 0.0567 e. The summed E-state index contributed by atoms with van der Waals surface area (Å²) in [5.41, 5.74) is 1.07. The Morgan fingerprint density at radius 3 is 2.45 bits per heavy atom. The SMILES string of the molecule is C/C=C\C(/C=C/CC)=NCC. The molecule has 0 bridgehead atoms. The third-order valence-corrected chi connectivity index (χ3v) is 1.20. The molecule has 0 aromatic rings. The van der Waals surface area contributed by atoms with E-state index >= 15 is 0 Å². The van der Waals surface area contributed by atoms with Gasteiger partial charge in [0.1, 0.15) is 0 Å². The Bertz CT molecular complexity index is 164. The number of aliphatic imine (C=N–C) groups is 1. The summed E-state index contributed by atoms with van der Waals surface area (Å²) in [6, 6.07) is 0. The molecule has 1 heteroatoms. The van der Waals surface area contributed by atoms with Crippen LogP contribution in [0.5, 0.6) is 0 Å². The quantitative estimate of drug-likeness (QED) is 0.548. The van der Waals surface area contributed by atoms with Crippen LogP contribution >= 0.6 is 0 Å². The zero-order chi connectivity index (χ0) is 8.53. The van der Waals surface area contributed by atoms with E-state index in [0.717, 1.165) is 18.7 Å². The fourth-order valence-electron chi connectivity index (χ4n) is 0.753. The Hall–Kier alpha value is -0.850. The van der Waals surface area contributed by atoms with Gasteiger partial charge in [0.15, 0.2) is 0 Å². The summed E-state index contributed by atoms with van der Waals surface area (Å²) >= 11 is 0. The fraction of sp³-hybridized carbons (Fsp3) is 0.500. The van der Waals surface area contributed by atoms with Gasteiger partial charge in [-0.25, -0.2) is 0 Å². The van der Waals surface area contributed by atoms with Crippen molar-refractivity contribution >= 4 is 5.71 Å². The van der Waals surface area contributed by atoms with E-state index in [4.69, 9.17) is 0 Å². The second-order valence-corrected chi connectivity index (χ2v) is 2.21. The Kier molecular flexibility index (Phi) is 6.70. The number of hydrogen-bond donors (Lipinski definition) is 0. The lowest BCUT2D eigenvalue weighted by atomic mass is 10.3. The van der Waals surface area contributed by atoms with Gasteiger partial charge in [-0.15, -0.1) is 0 Å². The monoisotopic (exact) mass is 151 g/mol. The minimum Gasteiger partial charge on any atom is -0.286 e. The van der Waals surface area contributed by atoms with Crippen LogP contribution in [0.4, 0.5) is 0 Å². The topological polar surface area (TPSA) is 12.4 Å². The predicted octanol–water partition coefficient (Wildman–Crippen LogP) is 2.99. The van der Waals surface area contributed by atoms with Crippen LogP contribution in [0.15, 0.2) is 29.3 Å². The van der Waals surface area contributed by atoms with Gasteiger partial charge < -0.3 is 0 Å². The van der Waals surface area contributed by atoms with Crippen LogP contribution in [0.2, 0.25) is 0 Å². The molecule has 0 heterocycles. The van der Waals surface area contributed by atoms with E-state index in [1.165, 1.54) is 0 Å². The molecule has 11 heavy (non-hydrogen) atoms. The number of rotatable bonds is 4. The summed E-state index contributed by atoms with van der Waals surface area (Å²) in [5, 5.41) is 0. The first-order chi connectivity index (χ1) is 5.35. The Balaban J connectivity index is 4.11. The summed E-state index contributed by atoms with van der Waals surface area (Å²) in [5.74, 6) is 0. The molecule has 0 aliphatic carbocycles. The Labute approximate surface area is 69.5 Å². The van der Waals surface area contributed by atoms with Gasteiger partial charge in [0.2, 0.25) is 0 Å². The van der Waals surface area contributed by atoms with Gasteiger partial charge in [-0.05, 0) is 32.4 Å². The van der Waals surface area contributed by atoms with Crippen molar-refractivity contribution in [3.63, 3.8) is 0 Å². The molecular weight excluding hydrogens is 134 g/mol. The van der Waals surface area contributed by atoms with Gasteiger partial charge in [-0.3, -0.25) is 4.99 Å². The van der Waals surface area contributed by atoms with Crippen LogP contribution < -0.4 is 0 Å². The minimum atomic E-state index is 0.855. The van der Waals surface area contributed by atoms with Crippen LogP contribution in [0.25, 0.3) is 0 Å². The third kappa shape index (κ3) is 5.59. The van der Waals surface area contributed by atoms with E-state index < -0.39 is 0 Å². The number of allylic oxidation sites excluding steroid dienone is 4. The molecule has 0 aromatic carbocycles. The van der Waals surface area contributed by atoms with E-state index in [1.54, 1.807) is 0 Å². The lowest BCUT2D eigenvalue weighted by Crippen LogP contribution is -1.88. The molecule has 62 valence electrons. The third-order valence-electron chi connectivity index (χ3n) is 1.20. The van der Waals surface area contributed by atoms with Crippen LogP contribution in [0.1, 0.15) is 27.2 Å². The number of hydrogen-bond acceptors (Lipinski definition) is 1. The number of nitrogens with zero attached hydrogens (tertiary/aromatic N) is 1.